The summed E-state index contributed by atoms with van der Waals surface area (Å²) in [6.45, 7) is 7.55. The first kappa shape index (κ1) is 12.9. The van der Waals surface area contributed by atoms with E-state index in [1.54, 1.807) is 0 Å². The number of aliphatic hydroxyl groups is 1. The van der Waals surface area contributed by atoms with E-state index in [-0.39, 0.29) is 0 Å². The van der Waals surface area contributed by atoms with Crippen molar-refractivity contribution in [2.45, 2.75) is 57.7 Å². The van der Waals surface area contributed by atoms with Gasteiger partial charge >= 0.3 is 0 Å². The van der Waals surface area contributed by atoms with Gasteiger partial charge in [0, 0.05) is 25.2 Å². The summed E-state index contributed by atoms with van der Waals surface area (Å²) in [5.41, 5.74) is -0.616. The minimum atomic E-state index is -0.616. The molecule has 1 aliphatic rings. The van der Waals surface area contributed by atoms with E-state index in [0.29, 0.717) is 18.6 Å². The fourth-order valence-electron chi connectivity index (χ4n) is 1.97. The molecule has 0 bridgehead atoms. The summed E-state index contributed by atoms with van der Waals surface area (Å²) >= 11 is 0. The molecule has 3 nitrogen and oxygen atoms in total. The van der Waals surface area contributed by atoms with Gasteiger partial charge in [0.2, 0.25) is 0 Å². The van der Waals surface area contributed by atoms with Gasteiger partial charge in [-0.2, -0.15) is 0 Å². The predicted octanol–water partition coefficient (Wildman–Crippen LogP) is 1.22. The number of rotatable bonds is 6. The monoisotopic (exact) mass is 214 g/mol. The van der Waals surface area contributed by atoms with Gasteiger partial charge in [0.1, 0.15) is 0 Å². The summed E-state index contributed by atoms with van der Waals surface area (Å²) in [7, 11) is 2.12. The first-order chi connectivity index (χ1) is 6.91. The van der Waals surface area contributed by atoms with E-state index in [1.807, 2.05) is 6.92 Å². The zero-order chi connectivity index (χ0) is 11.5. The van der Waals surface area contributed by atoms with Gasteiger partial charge in [-0.05, 0) is 26.8 Å². The molecule has 3 heteroatoms. The van der Waals surface area contributed by atoms with Gasteiger partial charge in [-0.25, -0.2) is 0 Å². The van der Waals surface area contributed by atoms with Crippen LogP contribution < -0.4 is 5.32 Å². The number of likely N-dealkylation sites (N-methyl/N-ethyl adjacent to an activating group) is 1. The summed E-state index contributed by atoms with van der Waals surface area (Å²) in [6, 6.07) is 1.14. The fourth-order valence-corrected chi connectivity index (χ4v) is 1.97. The predicted molar refractivity (Wildman–Crippen MR) is 64.0 cm³/mol. The second-order valence-corrected chi connectivity index (χ2v) is 5.53. The van der Waals surface area contributed by atoms with Gasteiger partial charge in [0.15, 0.2) is 0 Å². The van der Waals surface area contributed by atoms with Gasteiger partial charge in [-0.1, -0.05) is 20.3 Å². The lowest BCUT2D eigenvalue weighted by atomic mass is 9.91. The Balaban J connectivity index is 2.26. The van der Waals surface area contributed by atoms with Crippen LogP contribution in [0.5, 0.6) is 0 Å². The van der Waals surface area contributed by atoms with Crippen LogP contribution in [0.25, 0.3) is 0 Å². The van der Waals surface area contributed by atoms with Gasteiger partial charge in [-0.3, -0.25) is 0 Å². The Bertz CT molecular complexity index is 188. The van der Waals surface area contributed by atoms with Crippen molar-refractivity contribution < 1.29 is 5.11 Å². The van der Waals surface area contributed by atoms with Gasteiger partial charge in [-0.15, -0.1) is 0 Å². The third-order valence-corrected chi connectivity index (χ3v) is 3.18. The molecule has 0 saturated heterocycles. The van der Waals surface area contributed by atoms with E-state index in [4.69, 9.17) is 0 Å². The Morgan fingerprint density at radius 3 is 2.47 bits per heavy atom. The Morgan fingerprint density at radius 2 is 2.07 bits per heavy atom. The fraction of sp³-hybridized carbons (Fsp3) is 1.00. The molecule has 0 aromatic carbocycles. The number of hydrogen-bond donors (Lipinski definition) is 2. The summed E-state index contributed by atoms with van der Waals surface area (Å²) in [5.74, 6) is 0. The Hall–Kier alpha value is -0.120. The highest BCUT2D eigenvalue weighted by molar-refractivity contribution is 4.85. The van der Waals surface area contributed by atoms with Crippen LogP contribution in [0.1, 0.15) is 40.0 Å². The highest BCUT2D eigenvalue weighted by Crippen LogP contribution is 2.24. The lowest BCUT2D eigenvalue weighted by Crippen LogP contribution is -2.51. The van der Waals surface area contributed by atoms with E-state index in [0.717, 1.165) is 6.54 Å². The summed E-state index contributed by atoms with van der Waals surface area (Å²) in [6.07, 6.45) is 3.94. The van der Waals surface area contributed by atoms with E-state index >= 15 is 0 Å². The van der Waals surface area contributed by atoms with Crippen LogP contribution in [0.3, 0.4) is 0 Å². The van der Waals surface area contributed by atoms with E-state index in [2.05, 4.69) is 31.1 Å². The van der Waals surface area contributed by atoms with Crippen molar-refractivity contribution in [2.75, 3.05) is 20.1 Å². The van der Waals surface area contributed by atoms with Crippen molar-refractivity contribution in [3.63, 3.8) is 0 Å². The highest BCUT2D eigenvalue weighted by atomic mass is 16.3. The third-order valence-electron chi connectivity index (χ3n) is 3.18. The second kappa shape index (κ2) is 5.28. The molecule has 1 saturated carbocycles. The van der Waals surface area contributed by atoms with Crippen molar-refractivity contribution in [1.29, 1.82) is 0 Å². The molecule has 0 aliphatic heterocycles. The molecule has 0 heterocycles. The van der Waals surface area contributed by atoms with Crippen LogP contribution in [-0.4, -0.2) is 47.8 Å². The van der Waals surface area contributed by atoms with Crippen molar-refractivity contribution in [1.82, 2.24) is 10.2 Å². The maximum absolute atomic E-state index is 10.2. The minimum absolute atomic E-state index is 0.436. The average molecular weight is 214 g/mol. The minimum Gasteiger partial charge on any atom is -0.388 e. The molecule has 0 amide bonds. The van der Waals surface area contributed by atoms with Crippen LogP contribution in [-0.2, 0) is 0 Å². The highest BCUT2D eigenvalue weighted by Gasteiger charge is 2.28. The summed E-state index contributed by atoms with van der Waals surface area (Å²) < 4.78 is 0. The molecule has 15 heavy (non-hydrogen) atoms. The normalized spacial score (nSPS) is 21.8. The van der Waals surface area contributed by atoms with Gasteiger partial charge in [0.25, 0.3) is 0 Å². The zero-order valence-corrected chi connectivity index (χ0v) is 10.6. The van der Waals surface area contributed by atoms with Crippen LogP contribution in [0.2, 0.25) is 0 Å². The molecule has 1 rings (SSSR count). The topological polar surface area (TPSA) is 35.5 Å². The maximum atomic E-state index is 10.2. The van der Waals surface area contributed by atoms with Gasteiger partial charge < -0.3 is 15.3 Å². The maximum Gasteiger partial charge on any atom is 0.0869 e. The van der Waals surface area contributed by atoms with Crippen molar-refractivity contribution in [3.05, 3.63) is 0 Å². The lowest BCUT2D eigenvalue weighted by Gasteiger charge is -2.39. The molecule has 2 N–H and O–H groups in total. The molecule has 90 valence electrons. The molecular weight excluding hydrogens is 188 g/mol. The average Bonchev–Trinajstić information content (AvgIpc) is 1.96. The van der Waals surface area contributed by atoms with Crippen molar-refractivity contribution in [3.8, 4) is 0 Å². The standard InChI is InChI=1S/C12H26N2O/c1-10(2)13-8-12(3,15)9-14(4)11-6-5-7-11/h10-11,13,15H,5-9H2,1-4H3. The van der Waals surface area contributed by atoms with Crippen molar-refractivity contribution in [2.24, 2.45) is 0 Å². The van der Waals surface area contributed by atoms with Crippen LogP contribution >= 0.6 is 0 Å². The van der Waals surface area contributed by atoms with E-state index in [1.165, 1.54) is 19.3 Å². The molecule has 0 radical (unpaired) electrons. The molecule has 0 aromatic rings. The van der Waals surface area contributed by atoms with Crippen molar-refractivity contribution >= 4 is 0 Å². The number of nitrogens with zero attached hydrogens (tertiary/aromatic N) is 1. The van der Waals surface area contributed by atoms with Crippen LogP contribution in [0.4, 0.5) is 0 Å². The number of hydrogen-bond acceptors (Lipinski definition) is 3. The summed E-state index contributed by atoms with van der Waals surface area (Å²) in [4.78, 5) is 2.30. The van der Waals surface area contributed by atoms with E-state index in [9.17, 15) is 5.11 Å². The van der Waals surface area contributed by atoms with E-state index < -0.39 is 5.60 Å². The Kier molecular flexibility index (Phi) is 4.56. The first-order valence-electron chi connectivity index (χ1n) is 6.07. The lowest BCUT2D eigenvalue weighted by molar-refractivity contribution is 0.00311. The molecule has 1 unspecified atom stereocenters. The molecule has 0 aromatic heterocycles. The first-order valence-corrected chi connectivity index (χ1v) is 6.07. The zero-order valence-electron chi connectivity index (χ0n) is 10.6. The van der Waals surface area contributed by atoms with Crippen LogP contribution in [0.15, 0.2) is 0 Å². The molecular formula is C12H26N2O. The van der Waals surface area contributed by atoms with Gasteiger partial charge in [0.05, 0.1) is 5.60 Å². The third kappa shape index (κ3) is 4.49. The molecule has 1 atom stereocenters. The second-order valence-electron chi connectivity index (χ2n) is 5.53. The molecule has 1 aliphatic carbocycles. The Morgan fingerprint density at radius 1 is 1.47 bits per heavy atom. The molecule has 1 fully saturated rings. The smallest absolute Gasteiger partial charge is 0.0869 e. The Labute approximate surface area is 93.9 Å². The largest absolute Gasteiger partial charge is 0.388 e. The summed E-state index contributed by atoms with van der Waals surface area (Å²) in [5, 5.41) is 13.5. The molecule has 0 spiro atoms. The number of nitrogens with one attached hydrogen (secondary N) is 1. The van der Waals surface area contributed by atoms with Crippen LogP contribution in [0, 0.1) is 0 Å². The SMILES string of the molecule is CC(C)NCC(C)(O)CN(C)C1CCC1. The quantitative estimate of drug-likeness (QED) is 0.698.